The van der Waals surface area contributed by atoms with Crippen molar-refractivity contribution in [3.8, 4) is 0 Å². The van der Waals surface area contributed by atoms with Gasteiger partial charge in [-0.3, -0.25) is 12.9 Å². The van der Waals surface area contributed by atoms with Crippen LogP contribution in [0.15, 0.2) is 18.2 Å². The van der Waals surface area contributed by atoms with Gasteiger partial charge in [0.1, 0.15) is 0 Å². The van der Waals surface area contributed by atoms with Crippen LogP contribution < -0.4 is 3.69 Å². The topological polar surface area (TPSA) is 0 Å². The first-order valence-corrected chi connectivity index (χ1v) is 11.7. The van der Waals surface area contributed by atoms with E-state index >= 15 is 0 Å². The largest absolute Gasteiger partial charge is 0.511 e. The van der Waals surface area contributed by atoms with Gasteiger partial charge in [-0.1, -0.05) is 31.9 Å². The van der Waals surface area contributed by atoms with Crippen molar-refractivity contribution >= 4 is 34.8 Å². The summed E-state index contributed by atoms with van der Waals surface area (Å²) in [5.41, 5.74) is 1.22. The third-order valence-electron chi connectivity index (χ3n) is 4.24. The van der Waals surface area contributed by atoms with E-state index < -0.39 is 18.2 Å². The van der Waals surface area contributed by atoms with Gasteiger partial charge in [0.2, 0.25) is 0 Å². The summed E-state index contributed by atoms with van der Waals surface area (Å²) in [6, 6.07) is 5.93. The van der Waals surface area contributed by atoms with E-state index in [-0.39, 0.29) is 5.82 Å². The number of rotatable bonds is 4. The van der Waals surface area contributed by atoms with Crippen molar-refractivity contribution in [2.24, 2.45) is 5.92 Å². The van der Waals surface area contributed by atoms with Crippen LogP contribution in [0.3, 0.4) is 0 Å². The number of halogens is 2. The fraction of sp³-hybridized carbons (Fsp3) is 0.600. The zero-order valence-electron chi connectivity index (χ0n) is 11.1. The molecule has 96 valence electrons. The highest BCUT2D eigenvalue weighted by molar-refractivity contribution is 9.23. The maximum Gasteiger partial charge on any atom is 0.511 e. The van der Waals surface area contributed by atoms with Crippen LogP contribution in [0.2, 0.25) is 0 Å². The second-order valence-electron chi connectivity index (χ2n) is 5.49. The quantitative estimate of drug-likeness (QED) is 0.714. The number of hydrogen-bond acceptors (Lipinski definition) is 0. The maximum absolute atomic E-state index is 13.8. The smallest absolute Gasteiger partial charge is 0.296 e. The van der Waals surface area contributed by atoms with Crippen LogP contribution in [0.4, 0.5) is 4.39 Å². The van der Waals surface area contributed by atoms with Gasteiger partial charge in [0, 0.05) is 0 Å². The Morgan fingerprint density at radius 1 is 1.28 bits per heavy atom. The highest BCUT2D eigenvalue weighted by Crippen LogP contribution is 2.37. The normalized spacial score (nSPS) is 23.7. The van der Waals surface area contributed by atoms with Gasteiger partial charge in [-0.05, 0) is 49.1 Å². The molecule has 18 heavy (non-hydrogen) atoms. The van der Waals surface area contributed by atoms with Gasteiger partial charge in [-0.15, -0.1) is 3.69 Å². The molecule has 0 atom stereocenters. The zero-order chi connectivity index (χ0) is 13.0. The molecular formula is C15H20BrFMg. The zero-order valence-corrected chi connectivity index (χ0v) is 14.1. The minimum absolute atomic E-state index is 0.00623. The van der Waals surface area contributed by atoms with Crippen LogP contribution in [0.5, 0.6) is 0 Å². The molecule has 1 aromatic rings. The molecule has 0 aromatic heterocycles. The van der Waals surface area contributed by atoms with Crippen molar-refractivity contribution in [1.29, 1.82) is 0 Å². The van der Waals surface area contributed by atoms with Crippen LogP contribution in [0.1, 0.15) is 56.9 Å². The lowest BCUT2D eigenvalue weighted by atomic mass is 9.77. The molecule has 0 heterocycles. The maximum atomic E-state index is 13.8. The lowest BCUT2D eigenvalue weighted by molar-refractivity contribution is 0.308. The third-order valence-corrected chi connectivity index (χ3v) is 6.91. The Balaban J connectivity index is 1.99. The van der Waals surface area contributed by atoms with E-state index in [1.807, 2.05) is 6.07 Å². The fourth-order valence-electron chi connectivity index (χ4n) is 3.12. The molecule has 0 amide bonds. The molecule has 0 spiro atoms. The minimum atomic E-state index is -0.560. The van der Waals surface area contributed by atoms with Crippen LogP contribution in [0.25, 0.3) is 0 Å². The molecule has 1 saturated carbocycles. The average Bonchev–Trinajstić information content (AvgIpc) is 2.40. The fourth-order valence-corrected chi connectivity index (χ4v) is 4.92. The highest BCUT2D eigenvalue weighted by Gasteiger charge is 2.22. The van der Waals surface area contributed by atoms with Crippen LogP contribution >= 0.6 is 12.9 Å². The molecule has 0 saturated heterocycles. The van der Waals surface area contributed by atoms with Crippen LogP contribution in [0, 0.1) is 11.7 Å². The molecule has 2 rings (SSSR count). The average molecular weight is 324 g/mol. The molecule has 1 fully saturated rings. The SMILES string of the molecule is CCCC1CCC(c2cc[c]([Mg][Br])c(F)c2)CC1. The molecule has 0 N–H and O–H groups in total. The predicted molar refractivity (Wildman–Crippen MR) is 80.3 cm³/mol. The Bertz CT molecular complexity index is 386. The molecule has 0 aliphatic heterocycles. The molecule has 0 unspecified atom stereocenters. The van der Waals surface area contributed by atoms with Crippen molar-refractivity contribution in [3.05, 3.63) is 29.6 Å². The van der Waals surface area contributed by atoms with Crippen molar-refractivity contribution in [2.45, 2.75) is 51.4 Å². The van der Waals surface area contributed by atoms with Crippen LogP contribution in [-0.2, 0) is 0 Å². The monoisotopic (exact) mass is 322 g/mol. The Labute approximate surface area is 125 Å². The summed E-state index contributed by atoms with van der Waals surface area (Å²) < 4.78 is 14.7. The first-order chi connectivity index (χ1) is 8.74. The van der Waals surface area contributed by atoms with Crippen molar-refractivity contribution in [2.75, 3.05) is 0 Å². The number of benzene rings is 1. The van der Waals surface area contributed by atoms with E-state index in [1.54, 1.807) is 6.07 Å². The van der Waals surface area contributed by atoms with E-state index in [9.17, 15) is 4.39 Å². The first-order valence-electron chi connectivity index (χ1n) is 7.08. The summed E-state index contributed by atoms with van der Waals surface area (Å²) in [6.07, 6.45) is 7.82. The summed E-state index contributed by atoms with van der Waals surface area (Å²) in [5, 5.41) is 0. The lowest BCUT2D eigenvalue weighted by Gasteiger charge is -2.28. The molecular weight excluding hydrogens is 303 g/mol. The lowest BCUT2D eigenvalue weighted by Crippen LogP contribution is -2.17. The Hall–Kier alpha value is 0.396. The second kappa shape index (κ2) is 7.25. The van der Waals surface area contributed by atoms with Crippen molar-refractivity contribution < 1.29 is 4.39 Å². The standard InChI is InChI=1S/C15H20F.BrH.Mg/c1-2-4-12-7-9-13(10-8-12)14-5-3-6-15(16)11-14;;/h3,5,11-13H,2,4,7-10H2,1H3;1H;/q;;+1/p-1. The molecule has 1 aliphatic rings. The summed E-state index contributed by atoms with van der Waals surface area (Å²) >= 11 is 2.89. The van der Waals surface area contributed by atoms with E-state index in [0.29, 0.717) is 5.92 Å². The second-order valence-corrected chi connectivity index (χ2v) is 8.20. The third kappa shape index (κ3) is 3.70. The summed E-state index contributed by atoms with van der Waals surface area (Å²) in [6.45, 7) is 2.27. The van der Waals surface area contributed by atoms with Gasteiger partial charge in [0.05, 0.1) is 5.82 Å². The molecule has 3 heteroatoms. The minimum Gasteiger partial charge on any atom is -0.296 e. The summed E-state index contributed by atoms with van der Waals surface area (Å²) in [7, 11) is 0. The highest BCUT2D eigenvalue weighted by atomic mass is 79.9. The Kier molecular flexibility index (Phi) is 5.96. The number of hydrogen-bond donors (Lipinski definition) is 0. The van der Waals surface area contributed by atoms with Gasteiger partial charge >= 0.3 is 18.2 Å². The molecule has 0 nitrogen and oxygen atoms in total. The predicted octanol–water partition coefficient (Wildman–Crippen LogP) is 4.54. The molecule has 0 radical (unpaired) electrons. The van der Waals surface area contributed by atoms with Gasteiger partial charge in [-0.2, -0.15) is 0 Å². The summed E-state index contributed by atoms with van der Waals surface area (Å²) in [5.74, 6) is 1.52. The van der Waals surface area contributed by atoms with Gasteiger partial charge in [0.15, 0.2) is 0 Å². The molecule has 1 aliphatic carbocycles. The Morgan fingerprint density at radius 3 is 2.56 bits per heavy atom. The van der Waals surface area contributed by atoms with E-state index in [4.69, 9.17) is 0 Å². The van der Waals surface area contributed by atoms with Gasteiger partial charge in [0.25, 0.3) is 0 Å². The van der Waals surface area contributed by atoms with Crippen molar-refractivity contribution in [3.63, 3.8) is 0 Å². The molecule has 0 bridgehead atoms. The molecule has 1 aromatic carbocycles. The van der Waals surface area contributed by atoms with Crippen LogP contribution in [-0.4, -0.2) is 18.2 Å². The van der Waals surface area contributed by atoms with E-state index in [2.05, 4.69) is 25.9 Å². The van der Waals surface area contributed by atoms with Crippen molar-refractivity contribution in [1.82, 2.24) is 0 Å². The van der Waals surface area contributed by atoms with E-state index in [1.165, 1.54) is 44.1 Å². The van der Waals surface area contributed by atoms with E-state index in [0.717, 1.165) is 9.61 Å². The summed E-state index contributed by atoms with van der Waals surface area (Å²) in [4.78, 5) is 0. The van der Waals surface area contributed by atoms with Gasteiger partial charge in [-0.25, -0.2) is 4.39 Å². The van der Waals surface area contributed by atoms with Gasteiger partial charge < -0.3 is 0 Å². The first kappa shape index (κ1) is 14.8. The Morgan fingerprint density at radius 2 is 2.00 bits per heavy atom.